The fraction of sp³-hybridized carbons (Fsp3) is 0. The Hall–Kier alpha value is -1.94. The zero-order valence-corrected chi connectivity index (χ0v) is 9.67. The van der Waals surface area contributed by atoms with Crippen LogP contribution in [0, 0.1) is 5.82 Å². The van der Waals surface area contributed by atoms with E-state index in [1.165, 1.54) is 6.07 Å². The van der Waals surface area contributed by atoms with Crippen LogP contribution in [0.25, 0.3) is 20.5 Å². The molecule has 2 aromatic heterocycles. The van der Waals surface area contributed by atoms with E-state index in [1.54, 1.807) is 35.7 Å². The number of nitrogen functional groups attached to an aromatic ring is 1. The van der Waals surface area contributed by atoms with Gasteiger partial charge in [-0.1, -0.05) is 6.07 Å². The Morgan fingerprint density at radius 3 is 2.76 bits per heavy atom. The van der Waals surface area contributed by atoms with Gasteiger partial charge in [-0.25, -0.2) is 9.37 Å². The minimum atomic E-state index is -0.207. The second-order valence-electron chi connectivity index (χ2n) is 3.76. The van der Waals surface area contributed by atoms with Gasteiger partial charge in [0.15, 0.2) is 0 Å². The fourth-order valence-corrected chi connectivity index (χ4v) is 2.78. The van der Waals surface area contributed by atoms with Crippen LogP contribution in [-0.4, -0.2) is 4.98 Å². The molecular formula is C13H9FN2S. The van der Waals surface area contributed by atoms with Gasteiger partial charge < -0.3 is 5.73 Å². The zero-order valence-electron chi connectivity index (χ0n) is 8.85. The van der Waals surface area contributed by atoms with Crippen LogP contribution in [0.3, 0.4) is 0 Å². The maximum atomic E-state index is 13.1. The van der Waals surface area contributed by atoms with Crippen LogP contribution in [-0.2, 0) is 0 Å². The molecule has 0 spiro atoms. The number of thiophene rings is 1. The zero-order chi connectivity index (χ0) is 11.8. The number of fused-ring (bicyclic) bond motifs is 1. The highest BCUT2D eigenvalue weighted by Crippen LogP contribution is 2.33. The first-order valence-electron chi connectivity index (χ1n) is 5.13. The summed E-state index contributed by atoms with van der Waals surface area (Å²) < 4.78 is 14.0. The molecule has 3 aromatic rings. The van der Waals surface area contributed by atoms with E-state index in [-0.39, 0.29) is 5.82 Å². The first kappa shape index (κ1) is 10.2. The summed E-state index contributed by atoms with van der Waals surface area (Å²) in [7, 11) is 0. The molecule has 0 amide bonds. The summed E-state index contributed by atoms with van der Waals surface area (Å²) in [6, 6.07) is 10.5. The maximum Gasteiger partial charge on any atom is 0.124 e. The molecule has 0 aliphatic carbocycles. The Morgan fingerprint density at radius 1 is 1.12 bits per heavy atom. The van der Waals surface area contributed by atoms with Crippen LogP contribution >= 0.6 is 11.3 Å². The molecule has 0 unspecified atom stereocenters. The average molecular weight is 244 g/mol. The largest absolute Gasteiger partial charge is 0.384 e. The summed E-state index contributed by atoms with van der Waals surface area (Å²) in [4.78, 5) is 5.12. The average Bonchev–Trinajstić information content (AvgIpc) is 2.72. The smallest absolute Gasteiger partial charge is 0.124 e. The second-order valence-corrected chi connectivity index (χ2v) is 4.85. The molecule has 2 nitrogen and oxygen atoms in total. The summed E-state index contributed by atoms with van der Waals surface area (Å²) in [5.41, 5.74) is 6.54. The van der Waals surface area contributed by atoms with Crippen molar-refractivity contribution < 1.29 is 4.39 Å². The number of nitrogens with zero attached hydrogens (tertiary/aromatic N) is 1. The standard InChI is InChI=1S/C13H9FN2S/c14-10-3-1-8-5-11(17-12(8)6-10)9-2-4-13(15)16-7-9/h1-7H,(H2,15,16). The van der Waals surface area contributed by atoms with Gasteiger partial charge in [0, 0.05) is 21.3 Å². The summed E-state index contributed by atoms with van der Waals surface area (Å²) >= 11 is 1.55. The van der Waals surface area contributed by atoms with Gasteiger partial charge in [-0.3, -0.25) is 0 Å². The molecule has 84 valence electrons. The number of rotatable bonds is 1. The third-order valence-electron chi connectivity index (χ3n) is 2.55. The quantitative estimate of drug-likeness (QED) is 0.709. The van der Waals surface area contributed by atoms with Crippen molar-refractivity contribution in [2.45, 2.75) is 0 Å². The van der Waals surface area contributed by atoms with E-state index in [0.29, 0.717) is 5.82 Å². The highest BCUT2D eigenvalue weighted by molar-refractivity contribution is 7.22. The lowest BCUT2D eigenvalue weighted by Gasteiger charge is -1.96. The number of nitrogens with two attached hydrogens (primary N) is 1. The van der Waals surface area contributed by atoms with E-state index in [9.17, 15) is 4.39 Å². The molecular weight excluding hydrogens is 235 g/mol. The highest BCUT2D eigenvalue weighted by Gasteiger charge is 2.05. The third kappa shape index (κ3) is 1.87. The lowest BCUT2D eigenvalue weighted by Crippen LogP contribution is -1.87. The van der Waals surface area contributed by atoms with Gasteiger partial charge in [0.2, 0.25) is 0 Å². The number of benzene rings is 1. The minimum Gasteiger partial charge on any atom is -0.384 e. The second kappa shape index (κ2) is 3.82. The van der Waals surface area contributed by atoms with E-state index in [4.69, 9.17) is 5.73 Å². The van der Waals surface area contributed by atoms with Crippen LogP contribution in [0.4, 0.5) is 10.2 Å². The minimum absolute atomic E-state index is 0.207. The molecule has 3 rings (SSSR count). The van der Waals surface area contributed by atoms with Crippen molar-refractivity contribution in [1.82, 2.24) is 4.98 Å². The Balaban J connectivity index is 2.14. The van der Waals surface area contributed by atoms with Crippen LogP contribution in [0.1, 0.15) is 0 Å². The summed E-state index contributed by atoms with van der Waals surface area (Å²) in [5.74, 6) is 0.294. The number of aromatic nitrogens is 1. The molecule has 0 fully saturated rings. The van der Waals surface area contributed by atoms with Crippen molar-refractivity contribution in [2.75, 3.05) is 5.73 Å². The molecule has 0 saturated heterocycles. The van der Waals surface area contributed by atoms with Crippen molar-refractivity contribution in [3.63, 3.8) is 0 Å². The molecule has 4 heteroatoms. The SMILES string of the molecule is Nc1ccc(-c2cc3ccc(F)cc3s2)cn1. The predicted molar refractivity (Wildman–Crippen MR) is 69.4 cm³/mol. The molecule has 0 radical (unpaired) electrons. The molecule has 2 N–H and O–H groups in total. The van der Waals surface area contributed by atoms with E-state index in [0.717, 1.165) is 20.5 Å². The topological polar surface area (TPSA) is 38.9 Å². The lowest BCUT2D eigenvalue weighted by molar-refractivity contribution is 0.630. The van der Waals surface area contributed by atoms with Crippen LogP contribution in [0.15, 0.2) is 42.6 Å². The number of hydrogen-bond acceptors (Lipinski definition) is 3. The van der Waals surface area contributed by atoms with E-state index in [2.05, 4.69) is 4.98 Å². The van der Waals surface area contributed by atoms with E-state index >= 15 is 0 Å². The van der Waals surface area contributed by atoms with Gasteiger partial charge in [-0.15, -0.1) is 11.3 Å². The van der Waals surface area contributed by atoms with Gasteiger partial charge in [0.25, 0.3) is 0 Å². The van der Waals surface area contributed by atoms with Crippen LogP contribution in [0.5, 0.6) is 0 Å². The Labute approximate surface area is 102 Å². The number of anilines is 1. The molecule has 0 bridgehead atoms. The number of halogens is 1. The number of hydrogen-bond donors (Lipinski definition) is 1. The first-order chi connectivity index (χ1) is 8.22. The third-order valence-corrected chi connectivity index (χ3v) is 3.70. The predicted octanol–water partition coefficient (Wildman–Crippen LogP) is 3.68. The first-order valence-corrected chi connectivity index (χ1v) is 5.95. The molecule has 0 aliphatic heterocycles. The van der Waals surface area contributed by atoms with Crippen molar-refractivity contribution in [1.29, 1.82) is 0 Å². The molecule has 17 heavy (non-hydrogen) atoms. The van der Waals surface area contributed by atoms with Crippen LogP contribution in [0.2, 0.25) is 0 Å². The van der Waals surface area contributed by atoms with Gasteiger partial charge >= 0.3 is 0 Å². The lowest BCUT2D eigenvalue weighted by atomic mass is 10.2. The summed E-state index contributed by atoms with van der Waals surface area (Å²) in [6.07, 6.45) is 1.73. The molecule has 0 saturated carbocycles. The Kier molecular flexibility index (Phi) is 2.30. The van der Waals surface area contributed by atoms with Crippen molar-refractivity contribution in [2.24, 2.45) is 0 Å². The van der Waals surface area contributed by atoms with Gasteiger partial charge in [0.1, 0.15) is 11.6 Å². The molecule has 0 aliphatic rings. The Morgan fingerprint density at radius 2 is 2.00 bits per heavy atom. The fourth-order valence-electron chi connectivity index (χ4n) is 1.70. The van der Waals surface area contributed by atoms with Gasteiger partial charge in [-0.05, 0) is 35.7 Å². The van der Waals surface area contributed by atoms with Gasteiger partial charge in [-0.2, -0.15) is 0 Å². The number of pyridine rings is 1. The molecule has 0 atom stereocenters. The summed E-state index contributed by atoms with van der Waals surface area (Å²) in [6.45, 7) is 0. The molecule has 1 aromatic carbocycles. The monoisotopic (exact) mass is 244 g/mol. The van der Waals surface area contributed by atoms with Crippen molar-refractivity contribution in [3.8, 4) is 10.4 Å². The maximum absolute atomic E-state index is 13.1. The summed E-state index contributed by atoms with van der Waals surface area (Å²) in [5, 5.41) is 1.04. The van der Waals surface area contributed by atoms with Crippen molar-refractivity contribution >= 4 is 27.2 Å². The van der Waals surface area contributed by atoms with Crippen LogP contribution < -0.4 is 5.73 Å². The highest BCUT2D eigenvalue weighted by atomic mass is 32.1. The van der Waals surface area contributed by atoms with Gasteiger partial charge in [0.05, 0.1) is 0 Å². The van der Waals surface area contributed by atoms with Crippen molar-refractivity contribution in [3.05, 3.63) is 48.4 Å². The Bertz CT molecular complexity index is 673. The van der Waals surface area contributed by atoms with E-state index < -0.39 is 0 Å². The molecule has 2 heterocycles. The van der Waals surface area contributed by atoms with E-state index in [1.807, 2.05) is 12.1 Å². The normalized spacial score (nSPS) is 10.9.